The monoisotopic (exact) mass is 483 g/mol. The van der Waals surface area contributed by atoms with Crippen molar-refractivity contribution in [3.8, 4) is 0 Å². The molecule has 2 aromatic carbocycles. The summed E-state index contributed by atoms with van der Waals surface area (Å²) in [5.74, 6) is 0.163. The van der Waals surface area contributed by atoms with Crippen LogP contribution in [0, 0.1) is 0 Å². The summed E-state index contributed by atoms with van der Waals surface area (Å²) in [7, 11) is -0.156. The van der Waals surface area contributed by atoms with Gasteiger partial charge in [0.2, 0.25) is 15.9 Å². The summed E-state index contributed by atoms with van der Waals surface area (Å²) in [6.07, 6.45) is 3.35. The van der Waals surface area contributed by atoms with Crippen molar-refractivity contribution in [3.05, 3.63) is 53.9 Å². The van der Waals surface area contributed by atoms with Crippen LogP contribution >= 0.6 is 0 Å². The Morgan fingerprint density at radius 3 is 2.53 bits per heavy atom. The highest BCUT2D eigenvalue weighted by atomic mass is 32.2. The molecule has 1 saturated heterocycles. The largest absolute Gasteiger partial charge is 0.355 e. The minimum Gasteiger partial charge on any atom is -0.355 e. The number of nitrogens with zero attached hydrogens (tertiary/aromatic N) is 3. The number of nitrogens with one attached hydrogen (secondary N) is 2. The first-order chi connectivity index (χ1) is 16.3. The van der Waals surface area contributed by atoms with Gasteiger partial charge in [-0.2, -0.15) is 4.31 Å². The van der Waals surface area contributed by atoms with Crippen LogP contribution in [-0.2, 0) is 28.3 Å². The van der Waals surface area contributed by atoms with E-state index in [1.165, 1.54) is 7.05 Å². The fourth-order valence-corrected chi connectivity index (χ4v) is 5.77. The van der Waals surface area contributed by atoms with E-state index in [0.29, 0.717) is 42.1 Å². The molecule has 2 N–H and O–H groups in total. The zero-order valence-electron chi connectivity index (χ0n) is 19.4. The summed E-state index contributed by atoms with van der Waals surface area (Å²) in [4.78, 5) is 29.4. The van der Waals surface area contributed by atoms with Crippen LogP contribution in [0.15, 0.2) is 47.4 Å². The first-order valence-electron chi connectivity index (χ1n) is 11.4. The predicted molar refractivity (Wildman–Crippen MR) is 130 cm³/mol. The molecule has 0 bridgehead atoms. The van der Waals surface area contributed by atoms with E-state index in [4.69, 9.17) is 0 Å². The number of imidazole rings is 1. The van der Waals surface area contributed by atoms with Crippen LogP contribution in [0.4, 0.5) is 5.69 Å². The van der Waals surface area contributed by atoms with Crippen molar-refractivity contribution in [2.24, 2.45) is 7.05 Å². The van der Waals surface area contributed by atoms with E-state index in [-0.39, 0.29) is 23.1 Å². The normalized spacial score (nSPS) is 14.8. The average Bonchev–Trinajstić information content (AvgIpc) is 3.18. The van der Waals surface area contributed by atoms with Gasteiger partial charge in [-0.25, -0.2) is 13.4 Å². The highest BCUT2D eigenvalue weighted by Gasteiger charge is 2.26. The maximum absolute atomic E-state index is 13.0. The molecule has 0 unspecified atom stereocenters. The number of amides is 2. The summed E-state index contributed by atoms with van der Waals surface area (Å²) in [5.41, 5.74) is 2.23. The zero-order valence-corrected chi connectivity index (χ0v) is 20.2. The van der Waals surface area contributed by atoms with E-state index in [1.807, 2.05) is 11.6 Å². The van der Waals surface area contributed by atoms with Crippen molar-refractivity contribution in [2.45, 2.75) is 37.0 Å². The molecule has 2 amide bonds. The number of fused-ring (bicyclic) bond motifs is 1. The van der Waals surface area contributed by atoms with E-state index in [2.05, 4.69) is 15.6 Å². The Bertz CT molecular complexity index is 1330. The van der Waals surface area contributed by atoms with E-state index in [0.717, 1.165) is 24.8 Å². The number of aromatic nitrogens is 2. The third-order valence-electron chi connectivity index (χ3n) is 6.15. The fraction of sp³-hybridized carbons (Fsp3) is 0.375. The second kappa shape index (κ2) is 9.94. The van der Waals surface area contributed by atoms with E-state index < -0.39 is 10.0 Å². The maximum Gasteiger partial charge on any atom is 0.253 e. The van der Waals surface area contributed by atoms with E-state index >= 15 is 0 Å². The minimum absolute atomic E-state index is 0.165. The first-order valence-corrected chi connectivity index (χ1v) is 12.8. The van der Waals surface area contributed by atoms with Gasteiger partial charge < -0.3 is 15.2 Å². The van der Waals surface area contributed by atoms with Gasteiger partial charge in [-0.1, -0.05) is 18.6 Å². The number of hydrogen-bond acceptors (Lipinski definition) is 5. The highest BCUT2D eigenvalue weighted by Crippen LogP contribution is 2.25. The number of aryl methyl sites for hydroxylation is 2. The number of carbonyl (C=O) groups excluding carboxylic acids is 2. The molecule has 0 saturated carbocycles. The molecule has 0 spiro atoms. The van der Waals surface area contributed by atoms with Crippen LogP contribution in [0.3, 0.4) is 0 Å². The molecule has 1 aliphatic rings. The van der Waals surface area contributed by atoms with Crippen molar-refractivity contribution in [1.82, 2.24) is 19.2 Å². The summed E-state index contributed by atoms with van der Waals surface area (Å²) >= 11 is 0. The van der Waals surface area contributed by atoms with Crippen LogP contribution in [-0.4, -0.2) is 54.2 Å². The summed E-state index contributed by atoms with van der Waals surface area (Å²) in [5, 5.41) is 5.35. The molecule has 4 rings (SSSR count). The van der Waals surface area contributed by atoms with Crippen LogP contribution in [0.1, 0.15) is 41.9 Å². The number of para-hydroxylation sites is 1. The Labute approximate surface area is 199 Å². The Hall–Kier alpha value is -3.24. The SMILES string of the molecule is CNC(=O)c1ccccc1NC(=O)CCc1nc2cc(S(=O)(=O)N3CCCCC3)ccc2n1C. The molecule has 2 heterocycles. The Kier molecular flexibility index (Phi) is 6.99. The van der Waals surface area contributed by atoms with Crippen molar-refractivity contribution in [3.63, 3.8) is 0 Å². The quantitative estimate of drug-likeness (QED) is 0.536. The molecular formula is C24H29N5O4S. The second-order valence-electron chi connectivity index (χ2n) is 8.38. The third-order valence-corrected chi connectivity index (χ3v) is 8.04. The fourth-order valence-electron chi connectivity index (χ4n) is 4.23. The lowest BCUT2D eigenvalue weighted by atomic mass is 10.1. The number of hydrogen-bond donors (Lipinski definition) is 2. The van der Waals surface area contributed by atoms with Gasteiger partial charge in [-0.15, -0.1) is 0 Å². The van der Waals surface area contributed by atoms with Gasteiger partial charge in [-0.05, 0) is 43.2 Å². The molecule has 1 aliphatic heterocycles. The highest BCUT2D eigenvalue weighted by molar-refractivity contribution is 7.89. The molecule has 0 aliphatic carbocycles. The number of rotatable bonds is 7. The molecule has 3 aromatic rings. The Morgan fingerprint density at radius 2 is 1.79 bits per heavy atom. The van der Waals surface area contributed by atoms with Crippen LogP contribution in [0.25, 0.3) is 11.0 Å². The predicted octanol–water partition coefficient (Wildman–Crippen LogP) is 2.68. The average molecular weight is 484 g/mol. The standard InChI is InChI=1S/C24H29N5O4S/c1-25-24(31)18-8-4-5-9-19(18)27-23(30)13-12-22-26-20-16-17(10-11-21(20)28(22)2)34(32,33)29-14-6-3-7-15-29/h4-5,8-11,16H,3,6-7,12-15H2,1-2H3,(H,25,31)(H,27,30). The number of sulfonamides is 1. The molecular weight excluding hydrogens is 454 g/mol. The molecule has 9 nitrogen and oxygen atoms in total. The van der Waals surface area contributed by atoms with Gasteiger partial charge in [0.15, 0.2) is 0 Å². The smallest absolute Gasteiger partial charge is 0.253 e. The van der Waals surface area contributed by atoms with Crippen LogP contribution in [0.2, 0.25) is 0 Å². The Balaban J connectivity index is 1.48. The molecule has 34 heavy (non-hydrogen) atoms. The van der Waals surface area contributed by atoms with Crippen molar-refractivity contribution >= 4 is 38.6 Å². The lowest BCUT2D eigenvalue weighted by molar-refractivity contribution is -0.116. The Morgan fingerprint density at radius 1 is 1.06 bits per heavy atom. The van der Waals surface area contributed by atoms with Gasteiger partial charge in [0, 0.05) is 40.0 Å². The van der Waals surface area contributed by atoms with Gasteiger partial charge in [0.25, 0.3) is 5.91 Å². The van der Waals surface area contributed by atoms with Gasteiger partial charge in [0.05, 0.1) is 27.2 Å². The number of piperidine rings is 1. The van der Waals surface area contributed by atoms with Crippen molar-refractivity contribution in [2.75, 3.05) is 25.5 Å². The number of benzene rings is 2. The van der Waals surface area contributed by atoms with E-state index in [9.17, 15) is 18.0 Å². The summed E-state index contributed by atoms with van der Waals surface area (Å²) < 4.78 is 29.5. The van der Waals surface area contributed by atoms with Gasteiger partial charge in [-0.3, -0.25) is 9.59 Å². The lowest BCUT2D eigenvalue weighted by Gasteiger charge is -2.25. The minimum atomic E-state index is -3.54. The van der Waals surface area contributed by atoms with Crippen molar-refractivity contribution in [1.29, 1.82) is 0 Å². The molecule has 180 valence electrons. The molecule has 1 aromatic heterocycles. The van der Waals surface area contributed by atoms with Gasteiger partial charge in [0.1, 0.15) is 5.82 Å². The van der Waals surface area contributed by atoms with Gasteiger partial charge >= 0.3 is 0 Å². The van der Waals surface area contributed by atoms with Crippen LogP contribution in [0.5, 0.6) is 0 Å². The third kappa shape index (κ3) is 4.83. The van der Waals surface area contributed by atoms with E-state index in [1.54, 1.807) is 46.8 Å². The second-order valence-corrected chi connectivity index (χ2v) is 10.3. The molecule has 1 fully saturated rings. The first kappa shape index (κ1) is 23.9. The molecule has 0 radical (unpaired) electrons. The summed E-state index contributed by atoms with van der Waals surface area (Å²) in [6, 6.07) is 11.8. The number of carbonyl (C=O) groups is 2. The molecule has 0 atom stereocenters. The van der Waals surface area contributed by atoms with Crippen molar-refractivity contribution < 1.29 is 18.0 Å². The number of anilines is 1. The zero-order chi connectivity index (χ0) is 24.3. The maximum atomic E-state index is 13.0. The molecule has 10 heteroatoms. The summed E-state index contributed by atoms with van der Waals surface area (Å²) in [6.45, 7) is 1.10. The van der Waals surface area contributed by atoms with Crippen LogP contribution < -0.4 is 10.6 Å². The topological polar surface area (TPSA) is 113 Å². The lowest BCUT2D eigenvalue weighted by Crippen LogP contribution is -2.35.